The molecule has 12 nitrogen and oxygen atoms in total. The van der Waals surface area contributed by atoms with Gasteiger partial charge in [-0.3, -0.25) is 0 Å². The summed E-state index contributed by atoms with van der Waals surface area (Å²) in [6, 6.07) is 37.2. The van der Waals surface area contributed by atoms with E-state index in [1.807, 2.05) is 31.2 Å². The molecule has 0 spiro atoms. The Kier molecular flexibility index (Phi) is 13.9. The van der Waals surface area contributed by atoms with Crippen LogP contribution in [0.3, 0.4) is 0 Å². The molecule has 15 heteroatoms. The van der Waals surface area contributed by atoms with Gasteiger partial charge >= 0.3 is 11.9 Å². The molecule has 1 atom stereocenters. The Morgan fingerprint density at radius 1 is 0.579 bits per heavy atom. The average molecular weight is 889 g/mol. The van der Waals surface area contributed by atoms with E-state index in [9.17, 15) is 9.59 Å². The number of benzene rings is 6. The number of aromatic nitrogens is 4. The fourth-order valence-electron chi connectivity index (χ4n) is 5.73. The lowest BCUT2D eigenvalue weighted by Gasteiger charge is -2.07. The number of nitrogen functional groups attached to an aromatic ring is 4. The van der Waals surface area contributed by atoms with E-state index in [-0.39, 0.29) is 11.1 Å². The van der Waals surface area contributed by atoms with Gasteiger partial charge in [-0.05, 0) is 109 Å². The zero-order valence-corrected chi connectivity index (χ0v) is 34.1. The number of aromatic amines is 2. The van der Waals surface area contributed by atoms with Crippen LogP contribution in [0.2, 0.25) is 0 Å². The Labute approximate surface area is 344 Å². The third-order valence-corrected chi connectivity index (χ3v) is 8.57. The predicted octanol–water partition coefficient (Wildman–Crippen LogP) is 9.25. The molecule has 0 aliphatic rings. The molecule has 1 unspecified atom stereocenters. The number of nitrogens with one attached hydrogen (secondary N) is 2. The maximum absolute atomic E-state index is 10.4. The number of carboxylic acids is 2. The Bertz CT molecular complexity index is 2620. The van der Waals surface area contributed by atoms with Crippen molar-refractivity contribution < 1.29 is 19.8 Å². The second-order valence-electron chi connectivity index (χ2n) is 12.7. The highest BCUT2D eigenvalue weighted by Crippen LogP contribution is 2.30. The van der Waals surface area contributed by atoms with E-state index in [2.05, 4.69) is 105 Å². The summed E-state index contributed by atoms with van der Waals surface area (Å²) in [4.78, 5) is 36.7. The van der Waals surface area contributed by atoms with Crippen molar-refractivity contribution in [3.8, 4) is 33.6 Å². The maximum atomic E-state index is 10.4. The highest BCUT2D eigenvalue weighted by atomic mass is 127. The third-order valence-electron chi connectivity index (χ3n) is 8.57. The summed E-state index contributed by atoms with van der Waals surface area (Å²) in [7, 11) is 4.86. The largest absolute Gasteiger partial charge is 0.478 e. The highest BCUT2D eigenvalue weighted by molar-refractivity contribution is 14.2. The Balaban J connectivity index is 0.000000171. The average Bonchev–Trinajstić information content (AvgIpc) is 3.80. The summed E-state index contributed by atoms with van der Waals surface area (Å²) in [6.45, 7) is 4.07. The minimum absolute atomic E-state index is 0.0186. The molecular formula is C42H39BIN8O4P. The van der Waals surface area contributed by atoms with Crippen LogP contribution in [0.1, 0.15) is 32.1 Å². The van der Waals surface area contributed by atoms with E-state index in [0.29, 0.717) is 28.9 Å². The van der Waals surface area contributed by atoms with Crippen LogP contribution in [0.25, 0.3) is 55.7 Å². The molecule has 6 aromatic carbocycles. The Hall–Kier alpha value is -6.38. The SMILES string of the molecule is Cc1cccc(-c2nc3ccc(-c4ccc5nc(C)[nH]c5c4)cc3[nH]2)c1.Nc1ccc(-c2ccc(N)c(N)c2)cc1N.O=C(O)c1cccc(C(=O)O)c1.[B]PI. The van der Waals surface area contributed by atoms with Gasteiger partial charge in [0.25, 0.3) is 0 Å². The second kappa shape index (κ2) is 19.0. The molecule has 0 aliphatic heterocycles. The lowest BCUT2D eigenvalue weighted by Crippen LogP contribution is -2.01. The third kappa shape index (κ3) is 10.9. The van der Waals surface area contributed by atoms with Gasteiger partial charge in [-0.1, -0.05) is 76.1 Å². The van der Waals surface area contributed by atoms with Crippen LogP contribution >= 0.6 is 28.1 Å². The molecule has 0 fully saturated rings. The Morgan fingerprint density at radius 3 is 1.53 bits per heavy atom. The number of aromatic carboxylic acids is 2. The minimum atomic E-state index is -1.13. The van der Waals surface area contributed by atoms with Gasteiger partial charge in [0, 0.05) is 5.56 Å². The summed E-state index contributed by atoms with van der Waals surface area (Å²) in [5.41, 5.74) is 35.7. The molecule has 2 aromatic heterocycles. The first-order valence-electron chi connectivity index (χ1n) is 17.2. The van der Waals surface area contributed by atoms with Gasteiger partial charge in [0.1, 0.15) is 19.2 Å². The zero-order chi connectivity index (χ0) is 41.2. The number of nitrogens with two attached hydrogens (primary N) is 4. The fourth-order valence-corrected chi connectivity index (χ4v) is 5.73. The molecule has 2 heterocycles. The van der Waals surface area contributed by atoms with E-state index in [1.54, 1.807) is 12.1 Å². The van der Waals surface area contributed by atoms with Crippen molar-refractivity contribution in [1.29, 1.82) is 0 Å². The minimum Gasteiger partial charge on any atom is -0.478 e. The molecule has 8 rings (SSSR count). The number of H-pyrrole nitrogens is 2. The van der Waals surface area contributed by atoms with Gasteiger partial charge in [0.05, 0.1) is 55.9 Å². The Morgan fingerprint density at radius 2 is 1.04 bits per heavy atom. The van der Waals surface area contributed by atoms with Crippen molar-refractivity contribution in [2.75, 3.05) is 22.9 Å². The summed E-state index contributed by atoms with van der Waals surface area (Å²) in [5.74, 6) is -0.416. The molecule has 0 saturated carbocycles. The molecule has 0 saturated heterocycles. The van der Waals surface area contributed by atoms with Crippen LogP contribution in [-0.4, -0.2) is 49.7 Å². The first-order valence-corrected chi connectivity index (χ1v) is 21.4. The van der Waals surface area contributed by atoms with Gasteiger partial charge in [-0.25, -0.2) is 19.6 Å². The van der Waals surface area contributed by atoms with Crippen molar-refractivity contribution in [3.63, 3.8) is 0 Å². The highest BCUT2D eigenvalue weighted by Gasteiger charge is 2.10. The second-order valence-corrected chi connectivity index (χ2v) is 14.8. The quantitative estimate of drug-likeness (QED) is 0.0353. The monoisotopic (exact) mass is 888 g/mol. The van der Waals surface area contributed by atoms with Crippen LogP contribution in [0.15, 0.2) is 121 Å². The van der Waals surface area contributed by atoms with Crippen LogP contribution in [0, 0.1) is 13.8 Å². The van der Waals surface area contributed by atoms with Crippen molar-refractivity contribution in [1.82, 2.24) is 19.9 Å². The van der Waals surface area contributed by atoms with E-state index >= 15 is 0 Å². The molecule has 8 aromatic rings. The van der Waals surface area contributed by atoms with Crippen molar-refractivity contribution >= 4 is 92.5 Å². The van der Waals surface area contributed by atoms with Crippen LogP contribution in [0.5, 0.6) is 0 Å². The van der Waals surface area contributed by atoms with E-state index in [4.69, 9.17) is 45.7 Å². The fraction of sp³-hybridized carbons (Fsp3) is 0.0476. The molecule has 0 bridgehead atoms. The maximum Gasteiger partial charge on any atom is 0.335 e. The number of hydrogen-bond donors (Lipinski definition) is 8. The molecule has 2 radical (unpaired) electrons. The molecular weight excluding hydrogens is 849 g/mol. The van der Waals surface area contributed by atoms with Crippen molar-refractivity contribution in [3.05, 3.63) is 144 Å². The van der Waals surface area contributed by atoms with Crippen LogP contribution in [0.4, 0.5) is 22.7 Å². The van der Waals surface area contributed by atoms with Gasteiger partial charge < -0.3 is 43.1 Å². The van der Waals surface area contributed by atoms with Gasteiger partial charge in [-0.15, -0.1) is 6.10 Å². The number of carbonyl (C=O) groups is 2. The zero-order valence-electron chi connectivity index (χ0n) is 30.9. The summed E-state index contributed by atoms with van der Waals surface area (Å²) in [5, 5.41) is 17.0. The lowest BCUT2D eigenvalue weighted by atomic mass is 10.0. The number of rotatable bonds is 5. The normalized spacial score (nSPS) is 10.6. The van der Waals surface area contributed by atoms with Crippen LogP contribution < -0.4 is 22.9 Å². The number of fused-ring (bicyclic) bond motifs is 2. The molecule has 12 N–H and O–H groups in total. The summed E-state index contributed by atoms with van der Waals surface area (Å²) >= 11 is 2.09. The summed E-state index contributed by atoms with van der Waals surface area (Å²) < 4.78 is 0. The van der Waals surface area contributed by atoms with E-state index in [1.165, 1.54) is 23.8 Å². The molecule has 57 heavy (non-hydrogen) atoms. The number of anilines is 4. The van der Waals surface area contributed by atoms with Crippen LogP contribution in [-0.2, 0) is 0 Å². The molecule has 0 amide bonds. The first-order chi connectivity index (χ1) is 27.3. The van der Waals surface area contributed by atoms with E-state index < -0.39 is 11.9 Å². The number of aryl methyl sites for hydroxylation is 2. The van der Waals surface area contributed by atoms with Gasteiger partial charge in [0.15, 0.2) is 0 Å². The predicted molar refractivity (Wildman–Crippen MR) is 244 cm³/mol. The standard InChI is InChI=1S/C22H18N4.C12H14N4.C8H6O4.BHIP/c1-13-4-3-5-17(10-13)22-25-19-9-7-16(12-21(19)26-22)15-6-8-18-20(11-15)24-14(2)23-18;13-9-3-1-7(5-11(9)15)8-2-4-10(14)12(16)6-8;9-7(10)5-2-1-3-6(4-5)8(11)12;1-3-2/h3-12H,1-2H3,(H,23,24)(H,25,26);1-6H,13-16H2;1-4H,(H,9,10)(H,11,12);3H. The number of halogens is 1. The molecule has 0 aliphatic carbocycles. The lowest BCUT2D eigenvalue weighted by molar-refractivity contribution is 0.0696. The number of hydrogen-bond acceptors (Lipinski definition) is 8. The van der Waals surface area contributed by atoms with Gasteiger partial charge in [0.2, 0.25) is 0 Å². The number of imidazole rings is 2. The van der Waals surface area contributed by atoms with Crippen molar-refractivity contribution in [2.45, 2.75) is 13.8 Å². The van der Waals surface area contributed by atoms with E-state index in [0.717, 1.165) is 67.6 Å². The smallest absolute Gasteiger partial charge is 0.335 e. The number of nitrogens with zero attached hydrogens (tertiary/aromatic N) is 2. The molecule has 286 valence electrons. The first kappa shape index (κ1) is 41.8. The van der Waals surface area contributed by atoms with Crippen molar-refractivity contribution in [2.24, 2.45) is 0 Å². The topological polar surface area (TPSA) is 236 Å². The number of carboxylic acid groups (broad SMARTS) is 2. The van der Waals surface area contributed by atoms with Gasteiger partial charge in [-0.2, -0.15) is 0 Å². The summed E-state index contributed by atoms with van der Waals surface area (Å²) in [6.07, 6.45) is 0.553.